The van der Waals surface area contributed by atoms with Crippen LogP contribution in [0.5, 0.6) is 0 Å². The Morgan fingerprint density at radius 1 is 1.53 bits per heavy atom. The molecule has 1 heterocycles. The van der Waals surface area contributed by atoms with E-state index < -0.39 is 0 Å². The van der Waals surface area contributed by atoms with E-state index in [-0.39, 0.29) is 17.8 Å². The van der Waals surface area contributed by atoms with Crippen molar-refractivity contribution in [2.24, 2.45) is 5.73 Å². The first kappa shape index (κ1) is 14.0. The van der Waals surface area contributed by atoms with Gasteiger partial charge in [-0.05, 0) is 42.6 Å². The van der Waals surface area contributed by atoms with Crippen LogP contribution in [0, 0.1) is 5.82 Å². The number of ether oxygens (including phenoxy) is 1. The predicted octanol–water partition coefficient (Wildman–Crippen LogP) is 1.42. The summed E-state index contributed by atoms with van der Waals surface area (Å²) in [6, 6.07) is 4.43. The molecule has 2 N–H and O–H groups in total. The summed E-state index contributed by atoms with van der Waals surface area (Å²) in [6.07, 6.45) is 1.78. The van der Waals surface area contributed by atoms with Crippen LogP contribution < -0.4 is 5.73 Å². The molecule has 1 unspecified atom stereocenters. The zero-order valence-electron chi connectivity index (χ0n) is 11.1. The van der Waals surface area contributed by atoms with Crippen molar-refractivity contribution in [3.8, 4) is 0 Å². The number of carbonyl (C=O) groups is 1. The molecule has 1 aliphatic heterocycles. The van der Waals surface area contributed by atoms with E-state index in [4.69, 9.17) is 10.5 Å². The van der Waals surface area contributed by atoms with Crippen molar-refractivity contribution >= 4 is 5.97 Å². The molecule has 1 saturated heterocycles. The van der Waals surface area contributed by atoms with Crippen molar-refractivity contribution in [1.82, 2.24) is 4.90 Å². The molecule has 0 amide bonds. The number of hydrogen-bond acceptors (Lipinski definition) is 4. The number of carbonyl (C=O) groups excluding carboxylic acids is 1. The molecule has 0 aliphatic carbocycles. The molecule has 5 heteroatoms. The minimum absolute atomic E-state index is 0.194. The number of halogens is 1. The predicted molar refractivity (Wildman–Crippen MR) is 69.7 cm³/mol. The first-order valence-corrected chi connectivity index (χ1v) is 6.45. The van der Waals surface area contributed by atoms with Crippen LogP contribution in [0.2, 0.25) is 0 Å². The number of rotatable bonds is 4. The van der Waals surface area contributed by atoms with Crippen LogP contribution in [0.15, 0.2) is 18.2 Å². The fourth-order valence-electron chi connectivity index (χ4n) is 2.58. The van der Waals surface area contributed by atoms with Crippen LogP contribution in [0.3, 0.4) is 0 Å². The number of likely N-dealkylation sites (tertiary alicyclic amines) is 1. The smallest absolute Gasteiger partial charge is 0.323 e. The van der Waals surface area contributed by atoms with Gasteiger partial charge in [0.2, 0.25) is 0 Å². The average molecular weight is 266 g/mol. The van der Waals surface area contributed by atoms with E-state index in [1.54, 1.807) is 6.07 Å². The molecule has 104 valence electrons. The summed E-state index contributed by atoms with van der Waals surface area (Å²) in [7, 11) is 1.40. The highest BCUT2D eigenvalue weighted by atomic mass is 19.1. The normalized spacial score (nSPS) is 19.6. The van der Waals surface area contributed by atoms with Gasteiger partial charge in [-0.25, -0.2) is 4.39 Å². The minimum atomic E-state index is -0.282. The number of methoxy groups -OCH3 is 1. The van der Waals surface area contributed by atoms with E-state index >= 15 is 0 Å². The van der Waals surface area contributed by atoms with Gasteiger partial charge in [0.1, 0.15) is 11.9 Å². The maximum Gasteiger partial charge on any atom is 0.323 e. The van der Waals surface area contributed by atoms with Crippen LogP contribution in [0.25, 0.3) is 0 Å². The monoisotopic (exact) mass is 266 g/mol. The molecule has 1 fully saturated rings. The standard InChI is InChI=1S/C14H19FN2O2/c1-19-14(18)13-3-2-6-17(13)9-10-4-5-12(15)7-11(10)8-16/h4-5,7,13H,2-3,6,8-9,16H2,1H3. The fraction of sp³-hybridized carbons (Fsp3) is 0.500. The zero-order chi connectivity index (χ0) is 13.8. The van der Waals surface area contributed by atoms with Crippen molar-refractivity contribution < 1.29 is 13.9 Å². The van der Waals surface area contributed by atoms with E-state index in [9.17, 15) is 9.18 Å². The molecule has 0 radical (unpaired) electrons. The lowest BCUT2D eigenvalue weighted by Crippen LogP contribution is -2.36. The Labute approximate surface area is 112 Å². The summed E-state index contributed by atoms with van der Waals surface area (Å²) < 4.78 is 18.0. The van der Waals surface area contributed by atoms with Crippen molar-refractivity contribution in [3.63, 3.8) is 0 Å². The average Bonchev–Trinajstić information content (AvgIpc) is 2.88. The first-order chi connectivity index (χ1) is 9.15. The number of nitrogens with two attached hydrogens (primary N) is 1. The third kappa shape index (κ3) is 3.11. The molecule has 1 aromatic carbocycles. The van der Waals surface area contributed by atoms with Gasteiger partial charge in [-0.15, -0.1) is 0 Å². The molecule has 4 nitrogen and oxygen atoms in total. The van der Waals surface area contributed by atoms with Crippen molar-refractivity contribution in [3.05, 3.63) is 35.1 Å². The summed E-state index contributed by atoms with van der Waals surface area (Å²) in [5, 5.41) is 0. The van der Waals surface area contributed by atoms with Gasteiger partial charge in [-0.2, -0.15) is 0 Å². The highest BCUT2D eigenvalue weighted by Crippen LogP contribution is 2.22. The number of nitrogens with zero attached hydrogens (tertiary/aromatic N) is 1. The first-order valence-electron chi connectivity index (χ1n) is 6.45. The van der Waals surface area contributed by atoms with Gasteiger partial charge >= 0.3 is 5.97 Å². The topological polar surface area (TPSA) is 55.6 Å². The zero-order valence-corrected chi connectivity index (χ0v) is 11.1. The second kappa shape index (κ2) is 6.12. The summed E-state index contributed by atoms with van der Waals surface area (Å²) in [5.41, 5.74) is 7.40. The van der Waals surface area contributed by atoms with Gasteiger partial charge in [0, 0.05) is 13.1 Å². The van der Waals surface area contributed by atoms with Gasteiger partial charge in [-0.1, -0.05) is 6.07 Å². The third-order valence-corrected chi connectivity index (χ3v) is 3.60. The van der Waals surface area contributed by atoms with Gasteiger partial charge in [0.15, 0.2) is 0 Å². The molecule has 1 aromatic rings. The van der Waals surface area contributed by atoms with Crippen molar-refractivity contribution in [2.75, 3.05) is 13.7 Å². The lowest BCUT2D eigenvalue weighted by molar-refractivity contribution is -0.146. The highest BCUT2D eigenvalue weighted by molar-refractivity contribution is 5.76. The van der Waals surface area contributed by atoms with Crippen LogP contribution in [-0.2, 0) is 22.6 Å². The van der Waals surface area contributed by atoms with E-state index in [0.717, 1.165) is 30.5 Å². The largest absolute Gasteiger partial charge is 0.468 e. The van der Waals surface area contributed by atoms with Crippen molar-refractivity contribution in [1.29, 1.82) is 0 Å². The number of esters is 1. The Balaban J connectivity index is 2.14. The molecule has 1 aliphatic rings. The molecule has 0 saturated carbocycles. The molecule has 2 rings (SSSR count). The maximum absolute atomic E-state index is 13.2. The SMILES string of the molecule is COC(=O)C1CCCN1Cc1ccc(F)cc1CN. The van der Waals surface area contributed by atoms with E-state index in [0.29, 0.717) is 13.1 Å². The van der Waals surface area contributed by atoms with Gasteiger partial charge < -0.3 is 10.5 Å². The summed E-state index contributed by atoms with van der Waals surface area (Å²) in [6.45, 7) is 1.75. The minimum Gasteiger partial charge on any atom is -0.468 e. The van der Waals surface area contributed by atoms with Gasteiger partial charge in [0.25, 0.3) is 0 Å². The molecule has 1 atom stereocenters. The van der Waals surface area contributed by atoms with Crippen LogP contribution >= 0.6 is 0 Å². The number of hydrogen-bond donors (Lipinski definition) is 1. The Morgan fingerprint density at radius 2 is 2.32 bits per heavy atom. The van der Waals surface area contributed by atoms with E-state index in [1.165, 1.54) is 19.2 Å². The lowest BCUT2D eigenvalue weighted by Gasteiger charge is -2.23. The molecule has 0 aromatic heterocycles. The molecule has 19 heavy (non-hydrogen) atoms. The molecular formula is C14H19FN2O2. The van der Waals surface area contributed by atoms with E-state index in [2.05, 4.69) is 4.90 Å². The Morgan fingerprint density at radius 3 is 3.00 bits per heavy atom. The summed E-state index contributed by atoms with van der Waals surface area (Å²) in [4.78, 5) is 13.7. The Kier molecular flexibility index (Phi) is 4.50. The van der Waals surface area contributed by atoms with Gasteiger partial charge in [0.05, 0.1) is 7.11 Å². The Bertz CT molecular complexity index is 465. The quantitative estimate of drug-likeness (QED) is 0.837. The summed E-state index contributed by atoms with van der Waals surface area (Å²) in [5.74, 6) is -0.482. The second-order valence-corrected chi connectivity index (χ2v) is 4.77. The molecule has 0 bridgehead atoms. The van der Waals surface area contributed by atoms with Crippen LogP contribution in [-0.4, -0.2) is 30.6 Å². The second-order valence-electron chi connectivity index (χ2n) is 4.77. The Hall–Kier alpha value is -1.46. The molecule has 0 spiro atoms. The summed E-state index contributed by atoms with van der Waals surface area (Å²) >= 11 is 0. The van der Waals surface area contributed by atoms with Gasteiger partial charge in [-0.3, -0.25) is 9.69 Å². The van der Waals surface area contributed by atoms with E-state index in [1.807, 2.05) is 0 Å². The van der Waals surface area contributed by atoms with Crippen LogP contribution in [0.4, 0.5) is 4.39 Å². The fourth-order valence-corrected chi connectivity index (χ4v) is 2.58. The van der Waals surface area contributed by atoms with Crippen molar-refractivity contribution in [2.45, 2.75) is 32.0 Å². The number of benzene rings is 1. The van der Waals surface area contributed by atoms with Crippen LogP contribution in [0.1, 0.15) is 24.0 Å². The third-order valence-electron chi connectivity index (χ3n) is 3.60. The maximum atomic E-state index is 13.2. The lowest BCUT2D eigenvalue weighted by atomic mass is 10.1. The molecular weight excluding hydrogens is 247 g/mol. The highest BCUT2D eigenvalue weighted by Gasteiger charge is 2.31.